The van der Waals surface area contributed by atoms with Crippen molar-refractivity contribution in [3.8, 4) is 11.3 Å². The van der Waals surface area contributed by atoms with E-state index >= 15 is 0 Å². The van der Waals surface area contributed by atoms with Gasteiger partial charge in [-0.1, -0.05) is 17.3 Å². The van der Waals surface area contributed by atoms with Crippen LogP contribution in [0.4, 0.5) is 15.8 Å². The molecule has 1 amide bonds. The number of aromatic nitrogens is 1. The van der Waals surface area contributed by atoms with E-state index in [0.29, 0.717) is 29.9 Å². The largest absolute Gasteiger partial charge is 0.378 e. The fraction of sp³-hybridized carbons (Fsp3) is 0.238. The van der Waals surface area contributed by atoms with Gasteiger partial charge in [-0.05, 0) is 49.2 Å². The average Bonchev–Trinajstić information content (AvgIpc) is 3.33. The first-order valence-electron chi connectivity index (χ1n) is 8.80. The molecular formula is C21H20FN3O2. The second kappa shape index (κ2) is 6.54. The molecule has 2 aromatic carbocycles. The quantitative estimate of drug-likeness (QED) is 0.736. The van der Waals surface area contributed by atoms with Crippen molar-refractivity contribution < 1.29 is 13.7 Å². The van der Waals surface area contributed by atoms with E-state index in [-0.39, 0.29) is 11.7 Å². The highest BCUT2D eigenvalue weighted by Crippen LogP contribution is 2.49. The maximum atomic E-state index is 14.0. The lowest BCUT2D eigenvalue weighted by Crippen LogP contribution is -2.28. The van der Waals surface area contributed by atoms with Crippen molar-refractivity contribution in [3.63, 3.8) is 0 Å². The van der Waals surface area contributed by atoms with E-state index in [9.17, 15) is 9.18 Å². The van der Waals surface area contributed by atoms with Gasteiger partial charge in [0.25, 0.3) is 0 Å². The van der Waals surface area contributed by atoms with Crippen LogP contribution in [0.3, 0.4) is 0 Å². The molecule has 1 aromatic heterocycles. The van der Waals surface area contributed by atoms with Gasteiger partial charge in [0.15, 0.2) is 5.76 Å². The summed E-state index contributed by atoms with van der Waals surface area (Å²) in [5, 5.41) is 7.02. The number of carbonyl (C=O) groups is 1. The molecule has 1 heterocycles. The van der Waals surface area contributed by atoms with Crippen LogP contribution < -0.4 is 10.2 Å². The predicted octanol–water partition coefficient (Wildman–Crippen LogP) is 4.22. The number of hydrogen-bond donors (Lipinski definition) is 1. The Labute approximate surface area is 156 Å². The summed E-state index contributed by atoms with van der Waals surface area (Å²) >= 11 is 0. The van der Waals surface area contributed by atoms with Gasteiger partial charge in [0.1, 0.15) is 5.82 Å². The Hall–Kier alpha value is -3.15. The van der Waals surface area contributed by atoms with Crippen molar-refractivity contribution in [2.75, 3.05) is 24.3 Å². The smallest absolute Gasteiger partial charge is 0.236 e. The molecule has 3 aromatic rings. The topological polar surface area (TPSA) is 58.4 Å². The number of halogens is 1. The minimum atomic E-state index is -0.701. The van der Waals surface area contributed by atoms with Crippen LogP contribution in [0.1, 0.15) is 18.5 Å². The summed E-state index contributed by atoms with van der Waals surface area (Å²) in [4.78, 5) is 14.8. The van der Waals surface area contributed by atoms with E-state index < -0.39 is 5.41 Å². The summed E-state index contributed by atoms with van der Waals surface area (Å²) in [6.07, 6.45) is 1.38. The minimum Gasteiger partial charge on any atom is -0.378 e. The first-order chi connectivity index (χ1) is 13.0. The van der Waals surface area contributed by atoms with Crippen LogP contribution in [-0.4, -0.2) is 25.2 Å². The zero-order valence-electron chi connectivity index (χ0n) is 15.2. The van der Waals surface area contributed by atoms with Crippen LogP contribution in [0.5, 0.6) is 0 Å². The molecule has 1 aliphatic carbocycles. The van der Waals surface area contributed by atoms with Gasteiger partial charge in [-0.3, -0.25) is 4.79 Å². The van der Waals surface area contributed by atoms with Crippen molar-refractivity contribution in [2.45, 2.75) is 18.3 Å². The van der Waals surface area contributed by atoms with Crippen LogP contribution in [0.15, 0.2) is 59.1 Å². The first kappa shape index (κ1) is 17.3. The molecule has 1 N–H and O–H groups in total. The summed E-state index contributed by atoms with van der Waals surface area (Å²) in [7, 11) is 3.93. The molecule has 0 radical (unpaired) electrons. The molecule has 1 aliphatic rings. The summed E-state index contributed by atoms with van der Waals surface area (Å²) in [6.45, 7) is 0. The maximum absolute atomic E-state index is 14.0. The van der Waals surface area contributed by atoms with Gasteiger partial charge < -0.3 is 14.7 Å². The first-order valence-corrected chi connectivity index (χ1v) is 8.80. The Kier molecular flexibility index (Phi) is 4.18. The lowest BCUT2D eigenvalue weighted by Gasteiger charge is -2.15. The SMILES string of the molecule is CN(C)c1ccc(NC(=O)C2(c3cc(-c4ccccc4F)on3)CC2)cc1. The van der Waals surface area contributed by atoms with E-state index in [4.69, 9.17) is 4.52 Å². The van der Waals surface area contributed by atoms with E-state index in [2.05, 4.69) is 10.5 Å². The summed E-state index contributed by atoms with van der Waals surface area (Å²) < 4.78 is 19.3. The van der Waals surface area contributed by atoms with Crippen molar-refractivity contribution >= 4 is 17.3 Å². The number of rotatable bonds is 5. The van der Waals surface area contributed by atoms with Gasteiger partial charge in [-0.2, -0.15) is 0 Å². The Balaban J connectivity index is 1.54. The Morgan fingerprint density at radius 3 is 2.48 bits per heavy atom. The molecule has 0 saturated heterocycles. The molecule has 27 heavy (non-hydrogen) atoms. The van der Waals surface area contributed by atoms with Gasteiger partial charge in [0, 0.05) is 31.5 Å². The normalized spacial score (nSPS) is 14.6. The second-order valence-electron chi connectivity index (χ2n) is 7.03. The van der Waals surface area contributed by atoms with Gasteiger partial charge in [-0.25, -0.2) is 4.39 Å². The number of benzene rings is 2. The predicted molar refractivity (Wildman–Crippen MR) is 102 cm³/mol. The van der Waals surface area contributed by atoms with Crippen molar-refractivity contribution in [3.05, 3.63) is 66.1 Å². The van der Waals surface area contributed by atoms with Crippen molar-refractivity contribution in [1.29, 1.82) is 0 Å². The van der Waals surface area contributed by atoms with E-state index in [0.717, 1.165) is 11.4 Å². The van der Waals surface area contributed by atoms with Crippen molar-refractivity contribution in [1.82, 2.24) is 5.16 Å². The molecule has 0 bridgehead atoms. The van der Waals surface area contributed by atoms with Gasteiger partial charge in [0.2, 0.25) is 5.91 Å². The number of anilines is 2. The zero-order chi connectivity index (χ0) is 19.0. The summed E-state index contributed by atoms with van der Waals surface area (Å²) in [5.41, 5.74) is 1.97. The van der Waals surface area contributed by atoms with E-state index in [1.807, 2.05) is 43.3 Å². The molecule has 138 valence electrons. The highest BCUT2D eigenvalue weighted by molar-refractivity contribution is 6.01. The maximum Gasteiger partial charge on any atom is 0.236 e. The van der Waals surface area contributed by atoms with Crippen LogP contribution in [0, 0.1) is 5.82 Å². The molecule has 1 fully saturated rings. The van der Waals surface area contributed by atoms with Gasteiger partial charge in [-0.15, -0.1) is 0 Å². The second-order valence-corrected chi connectivity index (χ2v) is 7.03. The Morgan fingerprint density at radius 1 is 1.15 bits per heavy atom. The number of hydrogen-bond acceptors (Lipinski definition) is 4. The van der Waals surface area contributed by atoms with Crippen LogP contribution in [0.2, 0.25) is 0 Å². The molecule has 6 heteroatoms. The summed E-state index contributed by atoms with van der Waals surface area (Å²) in [5.74, 6) is -0.165. The standard InChI is InChI=1S/C21H20FN3O2/c1-25(2)15-9-7-14(8-10-15)23-20(26)21(11-12-21)19-13-18(27-24-19)16-5-3-4-6-17(16)22/h3-10,13H,11-12H2,1-2H3,(H,23,26). The Morgan fingerprint density at radius 2 is 1.85 bits per heavy atom. The van der Waals surface area contributed by atoms with Gasteiger partial charge in [0.05, 0.1) is 16.7 Å². The molecule has 1 saturated carbocycles. The molecule has 0 aliphatic heterocycles. The molecule has 0 atom stereocenters. The fourth-order valence-electron chi connectivity index (χ4n) is 3.11. The van der Waals surface area contributed by atoms with Gasteiger partial charge >= 0.3 is 0 Å². The molecule has 4 rings (SSSR count). The number of carbonyl (C=O) groups excluding carboxylic acids is 1. The summed E-state index contributed by atoms with van der Waals surface area (Å²) in [6, 6.07) is 15.7. The number of nitrogens with one attached hydrogen (secondary N) is 1. The molecular weight excluding hydrogens is 345 g/mol. The molecule has 0 unspecified atom stereocenters. The number of amides is 1. The minimum absolute atomic E-state index is 0.117. The third-order valence-electron chi connectivity index (χ3n) is 4.97. The van der Waals surface area contributed by atoms with Crippen LogP contribution >= 0.6 is 0 Å². The third kappa shape index (κ3) is 3.18. The fourth-order valence-corrected chi connectivity index (χ4v) is 3.11. The average molecular weight is 365 g/mol. The highest BCUT2D eigenvalue weighted by atomic mass is 19.1. The molecule has 0 spiro atoms. The molecule has 5 nitrogen and oxygen atoms in total. The lowest BCUT2D eigenvalue weighted by molar-refractivity contribution is -0.118. The van der Waals surface area contributed by atoms with E-state index in [1.54, 1.807) is 24.3 Å². The van der Waals surface area contributed by atoms with Crippen LogP contribution in [-0.2, 0) is 10.2 Å². The third-order valence-corrected chi connectivity index (χ3v) is 4.97. The zero-order valence-corrected chi connectivity index (χ0v) is 15.2. The number of nitrogens with zero attached hydrogens (tertiary/aromatic N) is 2. The highest BCUT2D eigenvalue weighted by Gasteiger charge is 2.53. The van der Waals surface area contributed by atoms with Crippen molar-refractivity contribution in [2.24, 2.45) is 0 Å². The monoisotopic (exact) mass is 365 g/mol. The van der Waals surface area contributed by atoms with E-state index in [1.165, 1.54) is 6.07 Å². The lowest BCUT2D eigenvalue weighted by atomic mass is 10.00. The van der Waals surface area contributed by atoms with Crippen LogP contribution in [0.25, 0.3) is 11.3 Å². The Bertz CT molecular complexity index is 975.